The van der Waals surface area contributed by atoms with E-state index in [1.807, 2.05) is 65.8 Å². The van der Waals surface area contributed by atoms with E-state index in [0.29, 0.717) is 0 Å². The van der Waals surface area contributed by atoms with Gasteiger partial charge in [-0.05, 0) is 39.6 Å². The van der Waals surface area contributed by atoms with Crippen LogP contribution in [0.3, 0.4) is 0 Å². The van der Waals surface area contributed by atoms with Gasteiger partial charge in [0.1, 0.15) is 0 Å². The molecule has 0 amide bonds. The van der Waals surface area contributed by atoms with Gasteiger partial charge in [0.05, 0.1) is 10.8 Å². The molecule has 19 heavy (non-hydrogen) atoms. The molecule has 1 aromatic carbocycles. The Hall–Kier alpha value is -0.833. The topological polar surface area (TPSA) is 12.4 Å². The van der Waals surface area contributed by atoms with Gasteiger partial charge in [0.25, 0.3) is 8.41 Å². The van der Waals surface area contributed by atoms with Crippen LogP contribution in [0.2, 0.25) is 10.1 Å². The summed E-state index contributed by atoms with van der Waals surface area (Å²) in [5.41, 5.74) is 0.720. The third-order valence-electron chi connectivity index (χ3n) is 3.51. The summed E-state index contributed by atoms with van der Waals surface area (Å²) in [6, 6.07) is 7.34. The summed E-state index contributed by atoms with van der Waals surface area (Å²) < 4.78 is 15.9. The lowest BCUT2D eigenvalue weighted by Crippen LogP contribution is -2.57. The molecule has 1 rings (SSSR count). The molecule has 4 heteroatoms. The normalized spacial score (nSPS) is 13.0. The average molecular weight is 295 g/mol. The first kappa shape index (κ1) is 16.2. The standard InChI is InChI=1S/C15H22FNSSi/c1-14(2,3)19(16,15(4,5)6)13-9-7-12(8-10-13)17-11-18/h7-10H,1-6H3. The molecule has 0 saturated carbocycles. The van der Waals surface area contributed by atoms with Crippen molar-refractivity contribution in [3.05, 3.63) is 24.3 Å². The van der Waals surface area contributed by atoms with Crippen LogP contribution in [0.15, 0.2) is 29.3 Å². The van der Waals surface area contributed by atoms with Crippen LogP contribution in [0.5, 0.6) is 0 Å². The smallest absolute Gasteiger partial charge is 0.288 e. The van der Waals surface area contributed by atoms with Crippen molar-refractivity contribution in [3.63, 3.8) is 0 Å². The summed E-state index contributed by atoms with van der Waals surface area (Å²) in [6.07, 6.45) is 0. The second kappa shape index (κ2) is 5.27. The third kappa shape index (κ3) is 3.02. The first-order chi connectivity index (χ1) is 8.54. The second-order valence-electron chi connectivity index (χ2n) is 6.91. The summed E-state index contributed by atoms with van der Waals surface area (Å²) in [7, 11) is -3.16. The molecule has 0 spiro atoms. The Morgan fingerprint density at radius 1 is 1.00 bits per heavy atom. The van der Waals surface area contributed by atoms with Gasteiger partial charge in [-0.25, -0.2) is 0 Å². The number of halogens is 1. The lowest BCUT2D eigenvalue weighted by atomic mass is 10.2. The van der Waals surface area contributed by atoms with Crippen LogP contribution >= 0.6 is 12.2 Å². The van der Waals surface area contributed by atoms with Crippen molar-refractivity contribution in [2.24, 2.45) is 4.99 Å². The monoisotopic (exact) mass is 295 g/mol. The van der Waals surface area contributed by atoms with E-state index >= 15 is 4.11 Å². The van der Waals surface area contributed by atoms with Crippen molar-refractivity contribution in [1.29, 1.82) is 0 Å². The summed E-state index contributed by atoms with van der Waals surface area (Å²) in [5.74, 6) is 0. The molecule has 1 aromatic rings. The SMILES string of the molecule is CC(C)(C)[Si](F)(c1ccc(N=C=S)cc1)C(C)(C)C. The molecule has 104 valence electrons. The maximum absolute atomic E-state index is 15.9. The number of hydrogen-bond donors (Lipinski definition) is 0. The van der Waals surface area contributed by atoms with E-state index in [4.69, 9.17) is 0 Å². The van der Waals surface area contributed by atoms with E-state index in [2.05, 4.69) is 22.4 Å². The van der Waals surface area contributed by atoms with Crippen LogP contribution in [-0.4, -0.2) is 13.6 Å². The van der Waals surface area contributed by atoms with Crippen molar-refractivity contribution in [2.45, 2.75) is 51.6 Å². The van der Waals surface area contributed by atoms with Crippen molar-refractivity contribution < 1.29 is 4.11 Å². The zero-order chi connectivity index (χ0) is 14.9. The van der Waals surface area contributed by atoms with Crippen molar-refractivity contribution in [3.8, 4) is 0 Å². The number of hydrogen-bond acceptors (Lipinski definition) is 2. The summed E-state index contributed by atoms with van der Waals surface area (Å²) >= 11 is 4.58. The quantitative estimate of drug-likeness (QED) is 0.318. The Morgan fingerprint density at radius 3 is 1.74 bits per heavy atom. The minimum Gasteiger partial charge on any atom is -0.307 e. The minimum atomic E-state index is -3.16. The van der Waals surface area contributed by atoms with Crippen molar-refractivity contribution >= 4 is 36.7 Å². The number of thiocarbonyl (C=S) groups is 1. The number of rotatable bonds is 2. The molecule has 0 bridgehead atoms. The van der Waals surface area contributed by atoms with Gasteiger partial charge < -0.3 is 4.11 Å². The molecular formula is C15H22FNSSi. The summed E-state index contributed by atoms with van der Waals surface area (Å²) in [5, 5.41) is 2.42. The van der Waals surface area contributed by atoms with Gasteiger partial charge in [0.2, 0.25) is 0 Å². The molecule has 0 aliphatic heterocycles. The number of benzene rings is 1. The highest BCUT2D eigenvalue weighted by molar-refractivity contribution is 7.78. The van der Waals surface area contributed by atoms with Crippen LogP contribution in [-0.2, 0) is 0 Å². The summed E-state index contributed by atoms with van der Waals surface area (Å²) in [6.45, 7) is 12.0. The minimum absolute atomic E-state index is 0.361. The molecule has 0 aliphatic rings. The van der Waals surface area contributed by atoms with Crippen LogP contribution in [0.4, 0.5) is 9.80 Å². The predicted molar refractivity (Wildman–Crippen MR) is 87.1 cm³/mol. The van der Waals surface area contributed by atoms with Crippen molar-refractivity contribution in [2.75, 3.05) is 0 Å². The summed E-state index contributed by atoms with van der Waals surface area (Å²) in [4.78, 5) is 3.91. The van der Waals surface area contributed by atoms with Gasteiger partial charge in [0.15, 0.2) is 0 Å². The fraction of sp³-hybridized carbons (Fsp3) is 0.533. The van der Waals surface area contributed by atoms with E-state index in [0.717, 1.165) is 10.9 Å². The van der Waals surface area contributed by atoms with Gasteiger partial charge in [0, 0.05) is 0 Å². The van der Waals surface area contributed by atoms with Gasteiger partial charge in [-0.3, -0.25) is 0 Å². The Kier molecular flexibility index (Phi) is 4.50. The van der Waals surface area contributed by atoms with E-state index < -0.39 is 8.41 Å². The highest BCUT2D eigenvalue weighted by Gasteiger charge is 2.56. The molecule has 0 aliphatic carbocycles. The first-order valence-corrected chi connectivity index (χ1v) is 8.70. The maximum Gasteiger partial charge on any atom is 0.288 e. The van der Waals surface area contributed by atoms with Gasteiger partial charge in [-0.1, -0.05) is 53.7 Å². The highest BCUT2D eigenvalue weighted by Crippen LogP contribution is 2.51. The molecule has 0 heterocycles. The lowest BCUT2D eigenvalue weighted by molar-refractivity contribution is 0.535. The maximum atomic E-state index is 15.9. The highest BCUT2D eigenvalue weighted by atomic mass is 32.1. The van der Waals surface area contributed by atoms with Crippen LogP contribution in [0.1, 0.15) is 41.5 Å². The van der Waals surface area contributed by atoms with Crippen LogP contribution in [0, 0.1) is 0 Å². The van der Waals surface area contributed by atoms with E-state index in [-0.39, 0.29) is 10.1 Å². The number of nitrogens with zero attached hydrogens (tertiary/aromatic N) is 1. The molecule has 0 unspecified atom stereocenters. The zero-order valence-electron chi connectivity index (χ0n) is 12.5. The zero-order valence-corrected chi connectivity index (χ0v) is 14.4. The van der Waals surface area contributed by atoms with Crippen LogP contribution in [0.25, 0.3) is 0 Å². The van der Waals surface area contributed by atoms with Gasteiger partial charge >= 0.3 is 0 Å². The lowest BCUT2D eigenvalue weighted by Gasteiger charge is -2.44. The number of isothiocyanates is 1. The van der Waals surface area contributed by atoms with E-state index in [1.54, 1.807) is 0 Å². The molecular weight excluding hydrogens is 273 g/mol. The molecule has 1 nitrogen and oxygen atoms in total. The van der Waals surface area contributed by atoms with Gasteiger partial charge in [-0.15, -0.1) is 0 Å². The largest absolute Gasteiger partial charge is 0.307 e. The molecule has 0 N–H and O–H groups in total. The van der Waals surface area contributed by atoms with Crippen molar-refractivity contribution in [1.82, 2.24) is 0 Å². The Bertz CT molecular complexity index is 476. The molecule has 0 radical (unpaired) electrons. The predicted octanol–water partition coefficient (Wildman–Crippen LogP) is 5.14. The molecule has 0 aromatic heterocycles. The van der Waals surface area contributed by atoms with Gasteiger partial charge in [-0.2, -0.15) is 4.99 Å². The average Bonchev–Trinajstić information content (AvgIpc) is 2.26. The Labute approximate surface area is 122 Å². The van der Waals surface area contributed by atoms with E-state index in [9.17, 15) is 0 Å². The Balaban J connectivity index is 3.39. The molecule has 0 saturated heterocycles. The number of aliphatic imine (C=N–C) groups is 1. The van der Waals surface area contributed by atoms with E-state index in [1.165, 1.54) is 0 Å². The fourth-order valence-electron chi connectivity index (χ4n) is 2.81. The first-order valence-electron chi connectivity index (χ1n) is 6.41. The van der Waals surface area contributed by atoms with Crippen LogP contribution < -0.4 is 5.19 Å². The molecule has 0 atom stereocenters. The Morgan fingerprint density at radius 2 is 1.42 bits per heavy atom. The molecule has 0 fully saturated rings. The fourth-order valence-corrected chi connectivity index (χ4v) is 7.52. The second-order valence-corrected chi connectivity index (χ2v) is 12.0. The third-order valence-corrected chi connectivity index (χ3v) is 8.86.